The maximum absolute atomic E-state index is 12.7. The van der Waals surface area contributed by atoms with Crippen molar-refractivity contribution in [2.45, 2.75) is 13.8 Å². The molecule has 0 spiro atoms. The van der Waals surface area contributed by atoms with Crippen LogP contribution in [0.2, 0.25) is 0 Å². The Labute approximate surface area is 140 Å². The number of anilines is 1. The largest absolute Gasteiger partial charge is 0.493 e. The number of benzene rings is 3. The van der Waals surface area contributed by atoms with Crippen LogP contribution in [0.1, 0.15) is 22.8 Å². The molecule has 4 heteroatoms. The van der Waals surface area contributed by atoms with Gasteiger partial charge in [0.25, 0.3) is 5.91 Å². The number of ether oxygens (including phenoxy) is 2. The first-order chi connectivity index (χ1) is 11.6. The highest BCUT2D eigenvalue weighted by molar-refractivity contribution is 6.31. The van der Waals surface area contributed by atoms with E-state index in [1.165, 1.54) is 0 Å². The number of aryl methyl sites for hydroxylation is 1. The summed E-state index contributed by atoms with van der Waals surface area (Å²) in [5, 5.41) is 4.13. The van der Waals surface area contributed by atoms with Gasteiger partial charge in [0.15, 0.2) is 11.5 Å². The maximum atomic E-state index is 12.7. The Kier molecular flexibility index (Phi) is 3.17. The molecule has 3 aromatic carbocycles. The van der Waals surface area contributed by atoms with Gasteiger partial charge in [0.1, 0.15) is 0 Å². The molecule has 1 heterocycles. The zero-order valence-electron chi connectivity index (χ0n) is 14.3. The standard InChI is InChI=1S/C20H19NO3/c1-5-21-14-10-12-7-9-15(23-3)19(24-4)17(12)16-11(2)6-8-13(18(14)16)20(21)22/h6-10H,5H2,1-4H3. The minimum Gasteiger partial charge on any atom is -0.493 e. The van der Waals surface area contributed by atoms with E-state index in [4.69, 9.17) is 9.47 Å². The molecule has 4 nitrogen and oxygen atoms in total. The number of hydrogen-bond acceptors (Lipinski definition) is 3. The lowest BCUT2D eigenvalue weighted by Crippen LogP contribution is -2.25. The fourth-order valence-electron chi connectivity index (χ4n) is 3.79. The van der Waals surface area contributed by atoms with Gasteiger partial charge in [-0.25, -0.2) is 0 Å². The van der Waals surface area contributed by atoms with E-state index >= 15 is 0 Å². The van der Waals surface area contributed by atoms with E-state index in [-0.39, 0.29) is 5.91 Å². The quantitative estimate of drug-likeness (QED) is 0.675. The first kappa shape index (κ1) is 14.8. The van der Waals surface area contributed by atoms with Crippen LogP contribution < -0.4 is 14.4 Å². The minimum absolute atomic E-state index is 0.0683. The Bertz CT molecular complexity index is 1010. The second kappa shape index (κ2) is 5.13. The van der Waals surface area contributed by atoms with Crippen LogP contribution in [0, 0.1) is 6.92 Å². The summed E-state index contributed by atoms with van der Waals surface area (Å²) in [5.41, 5.74) is 2.87. The molecule has 0 saturated carbocycles. The third kappa shape index (κ3) is 1.71. The third-order valence-corrected chi connectivity index (χ3v) is 4.87. The highest BCUT2D eigenvalue weighted by Gasteiger charge is 2.31. The molecule has 0 saturated heterocycles. The Hall–Kier alpha value is -2.75. The zero-order valence-corrected chi connectivity index (χ0v) is 14.3. The molecule has 0 fully saturated rings. The number of amides is 1. The molecule has 4 rings (SSSR count). The number of carbonyl (C=O) groups is 1. The zero-order chi connectivity index (χ0) is 17.0. The van der Waals surface area contributed by atoms with Crippen molar-refractivity contribution in [3.05, 3.63) is 41.5 Å². The van der Waals surface area contributed by atoms with Gasteiger partial charge in [0.05, 0.1) is 19.9 Å². The van der Waals surface area contributed by atoms with Crippen molar-refractivity contribution >= 4 is 33.1 Å². The molecule has 122 valence electrons. The lowest BCUT2D eigenvalue weighted by atomic mass is 9.94. The molecule has 1 aliphatic rings. The van der Waals surface area contributed by atoms with E-state index in [0.29, 0.717) is 18.0 Å². The van der Waals surface area contributed by atoms with Crippen LogP contribution in [-0.4, -0.2) is 26.7 Å². The van der Waals surface area contributed by atoms with Gasteiger partial charge in [-0.1, -0.05) is 12.1 Å². The van der Waals surface area contributed by atoms with Crippen molar-refractivity contribution in [1.29, 1.82) is 0 Å². The van der Waals surface area contributed by atoms with Gasteiger partial charge in [-0.15, -0.1) is 0 Å². The Morgan fingerprint density at radius 3 is 2.46 bits per heavy atom. The van der Waals surface area contributed by atoms with E-state index in [0.717, 1.165) is 38.4 Å². The van der Waals surface area contributed by atoms with Crippen LogP contribution in [-0.2, 0) is 0 Å². The molecule has 0 aliphatic carbocycles. The molecule has 0 atom stereocenters. The van der Waals surface area contributed by atoms with Gasteiger partial charge in [-0.05, 0) is 48.4 Å². The number of methoxy groups -OCH3 is 2. The van der Waals surface area contributed by atoms with Crippen LogP contribution in [0.15, 0.2) is 30.3 Å². The van der Waals surface area contributed by atoms with Gasteiger partial charge in [0, 0.05) is 22.9 Å². The summed E-state index contributed by atoms with van der Waals surface area (Å²) in [5.74, 6) is 1.48. The molecule has 1 amide bonds. The summed E-state index contributed by atoms with van der Waals surface area (Å²) >= 11 is 0. The van der Waals surface area contributed by atoms with Crippen LogP contribution in [0.3, 0.4) is 0 Å². The lowest BCUT2D eigenvalue weighted by Gasteiger charge is -2.18. The monoisotopic (exact) mass is 321 g/mol. The topological polar surface area (TPSA) is 38.8 Å². The second-order valence-electron chi connectivity index (χ2n) is 6.02. The average Bonchev–Trinajstić information content (AvgIpc) is 2.87. The molecule has 1 aliphatic heterocycles. The summed E-state index contributed by atoms with van der Waals surface area (Å²) in [4.78, 5) is 14.6. The first-order valence-electron chi connectivity index (χ1n) is 8.05. The smallest absolute Gasteiger partial charge is 0.258 e. The molecule has 0 N–H and O–H groups in total. The van der Waals surface area contributed by atoms with Crippen LogP contribution in [0.4, 0.5) is 5.69 Å². The summed E-state index contributed by atoms with van der Waals surface area (Å²) in [6.45, 7) is 4.72. The molecule has 0 radical (unpaired) electrons. The van der Waals surface area contributed by atoms with E-state index in [1.807, 2.05) is 36.1 Å². The van der Waals surface area contributed by atoms with E-state index in [2.05, 4.69) is 13.0 Å². The number of fused-ring (bicyclic) bond motifs is 2. The van der Waals surface area contributed by atoms with E-state index < -0.39 is 0 Å². The summed E-state index contributed by atoms with van der Waals surface area (Å²) in [6.07, 6.45) is 0. The number of carbonyl (C=O) groups excluding carboxylic acids is 1. The first-order valence-corrected chi connectivity index (χ1v) is 8.05. The molecular weight excluding hydrogens is 302 g/mol. The van der Waals surface area contributed by atoms with Gasteiger partial charge in [0.2, 0.25) is 0 Å². The van der Waals surface area contributed by atoms with Crippen molar-refractivity contribution in [2.24, 2.45) is 0 Å². The van der Waals surface area contributed by atoms with Crippen molar-refractivity contribution in [3.63, 3.8) is 0 Å². The van der Waals surface area contributed by atoms with Crippen molar-refractivity contribution in [1.82, 2.24) is 0 Å². The van der Waals surface area contributed by atoms with Crippen LogP contribution in [0.25, 0.3) is 21.5 Å². The summed E-state index contributed by atoms with van der Waals surface area (Å²) in [7, 11) is 3.29. The molecular formula is C20H19NO3. The van der Waals surface area contributed by atoms with Gasteiger partial charge in [-0.3, -0.25) is 4.79 Å². The predicted molar refractivity (Wildman–Crippen MR) is 96.6 cm³/mol. The molecule has 0 unspecified atom stereocenters. The highest BCUT2D eigenvalue weighted by atomic mass is 16.5. The molecule has 3 aromatic rings. The second-order valence-corrected chi connectivity index (χ2v) is 6.02. The SMILES string of the molecule is CCN1C(=O)c2ccc(C)c3c2c1cc1ccc(OC)c(OC)c13. The molecule has 0 aromatic heterocycles. The van der Waals surface area contributed by atoms with Crippen LogP contribution >= 0.6 is 0 Å². The Morgan fingerprint density at radius 2 is 1.79 bits per heavy atom. The van der Waals surface area contributed by atoms with Gasteiger partial charge >= 0.3 is 0 Å². The fraction of sp³-hybridized carbons (Fsp3) is 0.250. The maximum Gasteiger partial charge on any atom is 0.258 e. The fourth-order valence-corrected chi connectivity index (χ4v) is 3.79. The number of rotatable bonds is 3. The number of hydrogen-bond donors (Lipinski definition) is 0. The van der Waals surface area contributed by atoms with Crippen molar-refractivity contribution < 1.29 is 14.3 Å². The van der Waals surface area contributed by atoms with E-state index in [1.54, 1.807) is 14.2 Å². The van der Waals surface area contributed by atoms with Gasteiger partial charge in [-0.2, -0.15) is 0 Å². The van der Waals surface area contributed by atoms with Crippen LogP contribution in [0.5, 0.6) is 11.5 Å². The molecule has 24 heavy (non-hydrogen) atoms. The van der Waals surface area contributed by atoms with E-state index in [9.17, 15) is 4.79 Å². The summed E-state index contributed by atoms with van der Waals surface area (Å²) < 4.78 is 11.1. The highest BCUT2D eigenvalue weighted by Crippen LogP contribution is 2.47. The predicted octanol–water partition coefficient (Wildman–Crippen LogP) is 4.30. The normalized spacial score (nSPS) is 13.2. The average molecular weight is 321 g/mol. The summed E-state index contributed by atoms with van der Waals surface area (Å²) in [6, 6.07) is 9.95. The lowest BCUT2D eigenvalue weighted by molar-refractivity contribution is 0.0994. The Morgan fingerprint density at radius 1 is 1.00 bits per heavy atom. The van der Waals surface area contributed by atoms with Gasteiger partial charge < -0.3 is 14.4 Å². The molecule has 0 bridgehead atoms. The number of nitrogens with zero attached hydrogens (tertiary/aromatic N) is 1. The minimum atomic E-state index is 0.0683. The Balaban J connectivity index is 2.28. The third-order valence-electron chi connectivity index (χ3n) is 4.87. The van der Waals surface area contributed by atoms with Crippen molar-refractivity contribution in [2.75, 3.05) is 25.7 Å². The van der Waals surface area contributed by atoms with Crippen molar-refractivity contribution in [3.8, 4) is 11.5 Å².